The van der Waals surface area contributed by atoms with E-state index in [1.54, 1.807) is 0 Å². The highest BCUT2D eigenvalue weighted by Gasteiger charge is 2.16. The molecule has 252 valence electrons. The minimum Gasteiger partial charge on any atom is -0.462 e. The van der Waals surface area contributed by atoms with Crippen molar-refractivity contribution in [3.8, 4) is 0 Å². The normalized spacial score (nSPS) is 12.3. The Kier molecular flexibility index (Phi) is 33.6. The zero-order valence-electron chi connectivity index (χ0n) is 28.5. The van der Waals surface area contributed by atoms with Gasteiger partial charge in [-0.05, 0) is 64.2 Å². The Labute approximate surface area is 266 Å². The van der Waals surface area contributed by atoms with Crippen molar-refractivity contribution in [2.45, 2.75) is 193 Å². The Balaban J connectivity index is 3.58. The molecule has 0 heterocycles. The molecule has 1 atom stereocenters. The van der Waals surface area contributed by atoms with E-state index in [-0.39, 0.29) is 25.2 Å². The van der Waals surface area contributed by atoms with Gasteiger partial charge in [0.2, 0.25) is 0 Å². The first-order valence-electron chi connectivity index (χ1n) is 18.4. The van der Waals surface area contributed by atoms with Crippen LogP contribution in [0.3, 0.4) is 0 Å². The van der Waals surface area contributed by atoms with Crippen molar-refractivity contribution >= 4 is 11.9 Å². The fourth-order valence-electron chi connectivity index (χ4n) is 5.13. The van der Waals surface area contributed by atoms with E-state index >= 15 is 0 Å². The third-order valence-electron chi connectivity index (χ3n) is 7.97. The van der Waals surface area contributed by atoms with Gasteiger partial charge in [0, 0.05) is 12.8 Å². The Morgan fingerprint density at radius 1 is 0.512 bits per heavy atom. The van der Waals surface area contributed by atoms with E-state index in [4.69, 9.17) is 9.47 Å². The Hall–Kier alpha value is -1.62. The van der Waals surface area contributed by atoms with E-state index in [9.17, 15) is 14.7 Å². The summed E-state index contributed by atoms with van der Waals surface area (Å²) in [6.45, 7) is 4.10. The number of aliphatic hydroxyl groups excluding tert-OH is 1. The Morgan fingerprint density at radius 2 is 0.860 bits per heavy atom. The standard InChI is InChI=1S/C38H70O5/c1-3-5-7-9-11-13-15-17-18-19-21-23-25-27-29-31-33-38(41)43-36(34-39)35-42-37(40)32-30-28-26-24-22-20-16-14-12-10-8-6-4-2/h14,16,18-19,36,39H,3-13,15,17,20-35H2,1-2H3/b16-14-,19-18-. The molecule has 0 aliphatic rings. The first-order valence-corrected chi connectivity index (χ1v) is 18.4. The van der Waals surface area contributed by atoms with Crippen LogP contribution in [0.5, 0.6) is 0 Å². The largest absolute Gasteiger partial charge is 0.462 e. The van der Waals surface area contributed by atoms with Gasteiger partial charge in [-0.3, -0.25) is 9.59 Å². The third-order valence-corrected chi connectivity index (χ3v) is 7.97. The molecular formula is C38H70O5. The number of unbranched alkanes of at least 4 members (excludes halogenated alkanes) is 21. The lowest BCUT2D eigenvalue weighted by Crippen LogP contribution is -2.28. The monoisotopic (exact) mass is 607 g/mol. The summed E-state index contributed by atoms with van der Waals surface area (Å²) in [5.41, 5.74) is 0. The Bertz CT molecular complexity index is 657. The average Bonchev–Trinajstić information content (AvgIpc) is 3.01. The van der Waals surface area contributed by atoms with Gasteiger partial charge in [0.25, 0.3) is 0 Å². The minimum atomic E-state index is -0.774. The quantitative estimate of drug-likeness (QED) is 0.0457. The number of hydrogen-bond acceptors (Lipinski definition) is 5. The van der Waals surface area contributed by atoms with Crippen molar-refractivity contribution in [2.24, 2.45) is 0 Å². The van der Waals surface area contributed by atoms with Crippen molar-refractivity contribution < 1.29 is 24.2 Å². The van der Waals surface area contributed by atoms with Crippen LogP contribution in [0.4, 0.5) is 0 Å². The molecule has 0 rings (SSSR count). The van der Waals surface area contributed by atoms with Gasteiger partial charge in [-0.15, -0.1) is 0 Å². The summed E-state index contributed by atoms with van der Waals surface area (Å²) in [6, 6.07) is 0. The van der Waals surface area contributed by atoms with E-state index in [1.807, 2.05) is 0 Å². The molecule has 0 radical (unpaired) electrons. The maximum absolute atomic E-state index is 12.1. The summed E-state index contributed by atoms with van der Waals surface area (Å²) < 4.78 is 10.6. The molecular weight excluding hydrogens is 536 g/mol. The molecule has 0 amide bonds. The number of allylic oxidation sites excluding steroid dienone is 4. The summed E-state index contributed by atoms with van der Waals surface area (Å²) in [7, 11) is 0. The van der Waals surface area contributed by atoms with Gasteiger partial charge >= 0.3 is 11.9 Å². The smallest absolute Gasteiger partial charge is 0.306 e. The lowest BCUT2D eigenvalue weighted by molar-refractivity contribution is -0.161. The zero-order chi connectivity index (χ0) is 31.5. The number of esters is 2. The fraction of sp³-hybridized carbons (Fsp3) is 0.842. The van der Waals surface area contributed by atoms with Gasteiger partial charge in [-0.1, -0.05) is 134 Å². The summed E-state index contributed by atoms with van der Waals surface area (Å²) in [4.78, 5) is 24.2. The van der Waals surface area contributed by atoms with Crippen molar-refractivity contribution in [3.05, 3.63) is 24.3 Å². The number of carbonyl (C=O) groups is 2. The first-order chi connectivity index (χ1) is 21.1. The number of hydrogen-bond donors (Lipinski definition) is 1. The molecule has 1 unspecified atom stereocenters. The molecule has 5 nitrogen and oxygen atoms in total. The second kappa shape index (κ2) is 34.9. The molecule has 0 saturated carbocycles. The summed E-state index contributed by atoms with van der Waals surface area (Å²) in [5, 5.41) is 9.52. The highest BCUT2D eigenvalue weighted by atomic mass is 16.6. The number of aliphatic hydroxyl groups is 1. The van der Waals surface area contributed by atoms with Gasteiger partial charge in [-0.2, -0.15) is 0 Å². The van der Waals surface area contributed by atoms with Crippen LogP contribution in [0.15, 0.2) is 24.3 Å². The van der Waals surface area contributed by atoms with E-state index in [0.29, 0.717) is 12.8 Å². The molecule has 0 aliphatic heterocycles. The number of rotatable bonds is 33. The molecule has 0 spiro atoms. The van der Waals surface area contributed by atoms with Gasteiger partial charge in [-0.25, -0.2) is 0 Å². The van der Waals surface area contributed by atoms with E-state index in [2.05, 4.69) is 38.2 Å². The topological polar surface area (TPSA) is 72.8 Å². The van der Waals surface area contributed by atoms with Crippen molar-refractivity contribution in [1.82, 2.24) is 0 Å². The lowest BCUT2D eigenvalue weighted by atomic mass is 10.1. The molecule has 43 heavy (non-hydrogen) atoms. The molecule has 0 aromatic carbocycles. The van der Waals surface area contributed by atoms with Crippen molar-refractivity contribution in [2.75, 3.05) is 13.2 Å². The van der Waals surface area contributed by atoms with Crippen LogP contribution in [-0.4, -0.2) is 36.4 Å². The third kappa shape index (κ3) is 33.1. The van der Waals surface area contributed by atoms with Crippen LogP contribution < -0.4 is 0 Å². The average molecular weight is 607 g/mol. The summed E-state index contributed by atoms with van der Waals surface area (Å²) in [6.07, 6.45) is 39.4. The van der Waals surface area contributed by atoms with Crippen LogP contribution in [0.25, 0.3) is 0 Å². The highest BCUT2D eigenvalue weighted by molar-refractivity contribution is 5.70. The molecule has 0 bridgehead atoms. The molecule has 0 aliphatic carbocycles. The highest BCUT2D eigenvalue weighted by Crippen LogP contribution is 2.12. The van der Waals surface area contributed by atoms with E-state index in [1.165, 1.54) is 109 Å². The van der Waals surface area contributed by atoms with Crippen LogP contribution >= 0.6 is 0 Å². The molecule has 0 aromatic heterocycles. The molecule has 5 heteroatoms. The van der Waals surface area contributed by atoms with Crippen LogP contribution in [0.1, 0.15) is 187 Å². The number of carbonyl (C=O) groups excluding carboxylic acids is 2. The van der Waals surface area contributed by atoms with Gasteiger partial charge in [0.15, 0.2) is 6.10 Å². The lowest BCUT2D eigenvalue weighted by Gasteiger charge is -2.15. The molecule has 0 saturated heterocycles. The zero-order valence-corrected chi connectivity index (χ0v) is 28.5. The fourth-order valence-corrected chi connectivity index (χ4v) is 5.13. The summed E-state index contributed by atoms with van der Waals surface area (Å²) in [5.74, 6) is -0.608. The van der Waals surface area contributed by atoms with Crippen LogP contribution in [0, 0.1) is 0 Å². The van der Waals surface area contributed by atoms with Gasteiger partial charge in [0.05, 0.1) is 6.61 Å². The van der Waals surface area contributed by atoms with E-state index in [0.717, 1.165) is 51.4 Å². The van der Waals surface area contributed by atoms with Gasteiger partial charge in [0.1, 0.15) is 6.61 Å². The SMILES string of the molecule is CCCCCC/C=C\CCCCCCCC(=O)OCC(CO)OC(=O)CCCCCCC/C=C\CCCCCCCCC. The maximum Gasteiger partial charge on any atom is 0.306 e. The first kappa shape index (κ1) is 41.4. The Morgan fingerprint density at radius 3 is 1.28 bits per heavy atom. The second-order valence-electron chi connectivity index (χ2n) is 12.3. The molecule has 0 fully saturated rings. The minimum absolute atomic E-state index is 0.0711. The predicted octanol–water partition coefficient (Wildman–Crippen LogP) is 11.1. The number of ether oxygens (including phenoxy) is 2. The van der Waals surface area contributed by atoms with Crippen LogP contribution in [-0.2, 0) is 19.1 Å². The molecule has 0 aromatic rings. The molecule has 1 N–H and O–H groups in total. The van der Waals surface area contributed by atoms with Gasteiger partial charge < -0.3 is 14.6 Å². The van der Waals surface area contributed by atoms with Crippen LogP contribution in [0.2, 0.25) is 0 Å². The van der Waals surface area contributed by atoms with Crippen molar-refractivity contribution in [1.29, 1.82) is 0 Å². The maximum atomic E-state index is 12.1. The second-order valence-corrected chi connectivity index (χ2v) is 12.3. The predicted molar refractivity (Wildman–Crippen MR) is 182 cm³/mol. The van der Waals surface area contributed by atoms with Crippen molar-refractivity contribution in [3.63, 3.8) is 0 Å². The summed E-state index contributed by atoms with van der Waals surface area (Å²) >= 11 is 0. The van der Waals surface area contributed by atoms with E-state index < -0.39 is 6.10 Å².